The van der Waals surface area contributed by atoms with Gasteiger partial charge >= 0.3 is 29.6 Å². The Balaban J connectivity index is 0.00000225. The predicted molar refractivity (Wildman–Crippen MR) is 107 cm³/mol. The van der Waals surface area contributed by atoms with Gasteiger partial charge in [-0.1, -0.05) is 37.3 Å². The second-order valence-corrected chi connectivity index (χ2v) is 7.76. The first-order valence-electron chi connectivity index (χ1n) is 10.1. The summed E-state index contributed by atoms with van der Waals surface area (Å²) in [5.74, 6) is -1.09. The molecule has 1 aliphatic carbocycles. The number of hydrogen-bond donors (Lipinski definition) is 1. The fourth-order valence-electron chi connectivity index (χ4n) is 4.33. The zero-order chi connectivity index (χ0) is 18.8. The number of rotatable bonds is 7. The van der Waals surface area contributed by atoms with Gasteiger partial charge < -0.3 is 20.1 Å². The van der Waals surface area contributed by atoms with Gasteiger partial charge in [-0.05, 0) is 60.4 Å². The minimum Gasteiger partial charge on any atom is -0.550 e. The summed E-state index contributed by atoms with van der Waals surface area (Å²) >= 11 is 0. The number of carbonyl (C=O) groups is 1. The Morgan fingerprint density at radius 2 is 2.00 bits per heavy atom. The Morgan fingerprint density at radius 1 is 1.21 bits per heavy atom. The summed E-state index contributed by atoms with van der Waals surface area (Å²) in [6.07, 6.45) is 4.27. The number of anilines is 2. The largest absolute Gasteiger partial charge is 1.00 e. The van der Waals surface area contributed by atoms with Gasteiger partial charge in [-0.25, -0.2) is 0 Å². The number of nitrogens with zero attached hydrogens (tertiary/aromatic N) is 1. The molecule has 1 fully saturated rings. The first-order valence-corrected chi connectivity index (χ1v) is 10.1. The van der Waals surface area contributed by atoms with Crippen LogP contribution in [0.25, 0.3) is 0 Å². The number of carbonyl (C=O) groups excluding carboxylic acids is 1. The fraction of sp³-hybridized carbons (Fsp3) is 0.435. The molecule has 2 atom stereocenters. The molecule has 2 aromatic carbocycles. The van der Waals surface area contributed by atoms with Crippen LogP contribution in [0.1, 0.15) is 48.8 Å². The summed E-state index contributed by atoms with van der Waals surface area (Å²) in [6.45, 7) is 5.29. The molecule has 1 saturated carbocycles. The molecule has 0 saturated heterocycles. The summed E-state index contributed by atoms with van der Waals surface area (Å²) in [5.41, 5.74) is 6.40. The van der Waals surface area contributed by atoms with Crippen LogP contribution in [0, 0.1) is 5.92 Å². The normalized spacial score (nSPS) is 20.1. The maximum atomic E-state index is 10.9. The van der Waals surface area contributed by atoms with Crippen LogP contribution in [0.5, 0.6) is 0 Å². The van der Waals surface area contributed by atoms with Crippen molar-refractivity contribution in [2.45, 2.75) is 45.1 Å². The Hall–Kier alpha value is -1.49. The smallest absolute Gasteiger partial charge is 0.550 e. The second kappa shape index (κ2) is 9.34. The van der Waals surface area contributed by atoms with Crippen molar-refractivity contribution in [3.63, 3.8) is 0 Å². The number of aliphatic carboxylic acids is 1. The zero-order valence-electron chi connectivity index (χ0n) is 16.9. The average molecular weight is 386 g/mol. The third-order valence-electron chi connectivity index (χ3n) is 5.80. The average Bonchev–Trinajstić information content (AvgIpc) is 3.48. The van der Waals surface area contributed by atoms with Crippen molar-refractivity contribution in [3.05, 3.63) is 59.2 Å². The van der Waals surface area contributed by atoms with E-state index in [1.54, 1.807) is 0 Å². The molecule has 1 heterocycles. The Kier molecular flexibility index (Phi) is 7.08. The van der Waals surface area contributed by atoms with Gasteiger partial charge in [0, 0.05) is 42.9 Å². The molecule has 0 amide bonds. The molecule has 2 aliphatic rings. The number of aryl methyl sites for hydroxylation is 1. The molecule has 142 valence electrons. The van der Waals surface area contributed by atoms with Crippen LogP contribution < -0.4 is 44.9 Å². The number of hydrogen-bond acceptors (Lipinski definition) is 4. The van der Waals surface area contributed by atoms with E-state index in [0.29, 0.717) is 6.42 Å². The molecule has 4 rings (SSSR count). The van der Waals surface area contributed by atoms with Crippen molar-refractivity contribution in [2.24, 2.45) is 5.92 Å². The molecule has 1 aliphatic heterocycles. The maximum absolute atomic E-state index is 10.9. The van der Waals surface area contributed by atoms with Crippen molar-refractivity contribution in [2.75, 3.05) is 23.3 Å². The van der Waals surface area contributed by atoms with Crippen LogP contribution >= 0.6 is 0 Å². The molecular formula is C23H27N2NaO2. The van der Waals surface area contributed by atoms with E-state index < -0.39 is 5.97 Å². The summed E-state index contributed by atoms with van der Waals surface area (Å²) < 4.78 is 0. The van der Waals surface area contributed by atoms with Gasteiger partial charge in [-0.3, -0.25) is 0 Å². The first-order chi connectivity index (χ1) is 13.2. The van der Waals surface area contributed by atoms with Gasteiger partial charge in [0.1, 0.15) is 0 Å². The minimum absolute atomic E-state index is 0. The number of fused-ring (bicyclic) bond motifs is 1. The summed E-state index contributed by atoms with van der Waals surface area (Å²) in [4.78, 5) is 13.5. The van der Waals surface area contributed by atoms with E-state index in [4.69, 9.17) is 0 Å². The van der Waals surface area contributed by atoms with Crippen LogP contribution in [0.2, 0.25) is 0 Å². The molecule has 4 nitrogen and oxygen atoms in total. The summed E-state index contributed by atoms with van der Waals surface area (Å²) in [7, 11) is 0. The number of benzene rings is 2. The van der Waals surface area contributed by atoms with Crippen molar-refractivity contribution in [1.82, 2.24) is 0 Å². The molecule has 2 aromatic rings. The first kappa shape index (κ1) is 21.2. The molecule has 28 heavy (non-hydrogen) atoms. The van der Waals surface area contributed by atoms with Crippen molar-refractivity contribution in [1.29, 1.82) is 0 Å². The zero-order valence-corrected chi connectivity index (χ0v) is 18.9. The standard InChI is InChI=1S/C23H28N2O2.Na/c1-2-12-25-13-4-7-17-5-3-6-18(22(17)25)15-24-19-10-8-16(9-11-19)20-14-21(20)23(26)27;/h3,5-6,8-11,20-21,24H,2,4,7,12-15H2,1H3,(H,26,27);/q;+1/p-1/t20-,21+;/m0./s1. The minimum atomic E-state index is -0.923. The van der Waals surface area contributed by atoms with Gasteiger partial charge in [0.05, 0.1) is 0 Å². The van der Waals surface area contributed by atoms with E-state index in [0.717, 1.165) is 37.3 Å². The van der Waals surface area contributed by atoms with Gasteiger partial charge in [-0.2, -0.15) is 0 Å². The Bertz CT molecular complexity index is 822. The van der Waals surface area contributed by atoms with Crippen molar-refractivity contribution >= 4 is 17.3 Å². The number of carboxylic acid groups (broad SMARTS) is 1. The molecule has 1 N–H and O–H groups in total. The molecule has 0 radical (unpaired) electrons. The molecule has 0 unspecified atom stereocenters. The quantitative estimate of drug-likeness (QED) is 0.697. The van der Waals surface area contributed by atoms with Gasteiger partial charge in [0.25, 0.3) is 0 Å². The van der Waals surface area contributed by atoms with E-state index in [1.165, 1.54) is 29.7 Å². The van der Waals surface area contributed by atoms with E-state index in [9.17, 15) is 9.90 Å². The number of carboxylic acids is 1. The summed E-state index contributed by atoms with van der Waals surface area (Å²) in [6, 6.07) is 14.8. The summed E-state index contributed by atoms with van der Waals surface area (Å²) in [5, 5.41) is 14.5. The third kappa shape index (κ3) is 4.56. The van der Waals surface area contributed by atoms with Gasteiger partial charge in [0.15, 0.2) is 0 Å². The second-order valence-electron chi connectivity index (χ2n) is 7.76. The van der Waals surface area contributed by atoms with Crippen LogP contribution in [-0.4, -0.2) is 19.1 Å². The SMILES string of the molecule is CCCN1CCCc2cccc(CNc3ccc([C@@H]4C[C@H]4C(=O)[O-])cc3)c21.[Na+]. The Morgan fingerprint density at radius 3 is 2.68 bits per heavy atom. The van der Waals surface area contributed by atoms with E-state index in [2.05, 4.69) is 47.5 Å². The van der Waals surface area contributed by atoms with Crippen LogP contribution in [-0.2, 0) is 17.8 Å². The Labute approximate surface area is 189 Å². The van der Waals surface area contributed by atoms with Crippen molar-refractivity contribution in [3.8, 4) is 0 Å². The number of para-hydroxylation sites is 1. The molecule has 5 heteroatoms. The van der Waals surface area contributed by atoms with E-state index in [-0.39, 0.29) is 41.4 Å². The topological polar surface area (TPSA) is 55.4 Å². The molecule has 0 spiro atoms. The van der Waals surface area contributed by atoms with E-state index in [1.807, 2.05) is 12.1 Å². The molecular weight excluding hydrogens is 359 g/mol. The fourth-order valence-corrected chi connectivity index (χ4v) is 4.33. The molecule has 0 aromatic heterocycles. The van der Waals surface area contributed by atoms with Gasteiger partial charge in [-0.15, -0.1) is 0 Å². The molecule has 0 bridgehead atoms. The van der Waals surface area contributed by atoms with E-state index >= 15 is 0 Å². The van der Waals surface area contributed by atoms with Crippen LogP contribution in [0.4, 0.5) is 11.4 Å². The van der Waals surface area contributed by atoms with Crippen LogP contribution in [0.15, 0.2) is 42.5 Å². The third-order valence-corrected chi connectivity index (χ3v) is 5.80. The van der Waals surface area contributed by atoms with Crippen molar-refractivity contribution < 1.29 is 39.5 Å². The van der Waals surface area contributed by atoms with Gasteiger partial charge in [0.2, 0.25) is 0 Å². The number of nitrogens with one attached hydrogen (secondary N) is 1. The maximum Gasteiger partial charge on any atom is 1.00 e. The van der Waals surface area contributed by atoms with Crippen LogP contribution in [0.3, 0.4) is 0 Å². The predicted octanol–water partition coefficient (Wildman–Crippen LogP) is 0.319. The monoisotopic (exact) mass is 386 g/mol.